The quantitative estimate of drug-likeness (QED) is 0.464. The maximum absolute atomic E-state index is 12.2. The zero-order chi connectivity index (χ0) is 21.1. The third kappa shape index (κ3) is 8.68. The molecule has 2 aromatic rings. The molecule has 0 aliphatic heterocycles. The second-order valence-corrected chi connectivity index (χ2v) is 7.18. The summed E-state index contributed by atoms with van der Waals surface area (Å²) in [5.41, 5.74) is 2.16. The van der Waals surface area contributed by atoms with Gasteiger partial charge in [-0.25, -0.2) is 0 Å². The van der Waals surface area contributed by atoms with Crippen LogP contribution in [0, 0.1) is 0 Å². The average Bonchev–Trinajstić information content (AvgIpc) is 2.67. The van der Waals surface area contributed by atoms with Crippen LogP contribution >= 0.6 is 0 Å². The van der Waals surface area contributed by atoms with Crippen molar-refractivity contribution in [1.29, 1.82) is 0 Å². The highest BCUT2D eigenvalue weighted by Crippen LogP contribution is 2.18. The average molecular weight is 398 g/mol. The lowest BCUT2D eigenvalue weighted by atomic mass is 10.2. The summed E-state index contributed by atoms with van der Waals surface area (Å²) in [5.74, 6) is 0.621. The molecule has 3 N–H and O–H groups in total. The Morgan fingerprint density at radius 2 is 1.55 bits per heavy atom. The van der Waals surface area contributed by atoms with Crippen molar-refractivity contribution in [1.82, 2.24) is 0 Å². The summed E-state index contributed by atoms with van der Waals surface area (Å²) in [6, 6.07) is 14.7. The molecular weight excluding hydrogens is 366 g/mol. The second kappa shape index (κ2) is 11.7. The first-order valence-corrected chi connectivity index (χ1v) is 10.2. The molecule has 29 heavy (non-hydrogen) atoms. The molecule has 0 unspecified atom stereocenters. The van der Waals surface area contributed by atoms with Gasteiger partial charge >= 0.3 is 0 Å². The lowest BCUT2D eigenvalue weighted by Crippen LogP contribution is -2.21. The molecular formula is C23H31N3O3. The van der Waals surface area contributed by atoms with Crippen molar-refractivity contribution in [3.63, 3.8) is 0 Å². The van der Waals surface area contributed by atoms with E-state index in [1.807, 2.05) is 44.2 Å². The van der Waals surface area contributed by atoms with Gasteiger partial charge in [0.15, 0.2) is 0 Å². The number of hydrogen-bond acceptors (Lipinski definition) is 4. The monoisotopic (exact) mass is 397 g/mol. The molecule has 0 aliphatic rings. The Kier molecular flexibility index (Phi) is 9.02. The minimum Gasteiger partial charge on any atom is -0.491 e. The van der Waals surface area contributed by atoms with E-state index in [1.165, 1.54) is 0 Å². The number of hydrogen-bond donors (Lipinski definition) is 3. The number of carbonyl (C=O) groups is 2. The van der Waals surface area contributed by atoms with E-state index in [0.29, 0.717) is 17.8 Å². The number of anilines is 3. The van der Waals surface area contributed by atoms with E-state index >= 15 is 0 Å². The van der Waals surface area contributed by atoms with Gasteiger partial charge in [-0.05, 0) is 62.7 Å². The van der Waals surface area contributed by atoms with E-state index in [0.717, 1.165) is 30.7 Å². The van der Waals surface area contributed by atoms with Crippen LogP contribution < -0.4 is 20.7 Å². The number of rotatable bonds is 11. The highest BCUT2D eigenvalue weighted by molar-refractivity contribution is 5.95. The van der Waals surface area contributed by atoms with Crippen LogP contribution in [-0.4, -0.2) is 24.5 Å². The first-order valence-electron chi connectivity index (χ1n) is 10.2. The summed E-state index contributed by atoms with van der Waals surface area (Å²) in [7, 11) is 0. The lowest BCUT2D eigenvalue weighted by Gasteiger charge is -2.12. The molecule has 0 saturated heterocycles. The Balaban J connectivity index is 1.80. The number of carbonyl (C=O) groups excluding carboxylic acids is 2. The molecule has 6 heteroatoms. The second-order valence-electron chi connectivity index (χ2n) is 7.18. The van der Waals surface area contributed by atoms with Crippen molar-refractivity contribution < 1.29 is 14.3 Å². The highest BCUT2D eigenvalue weighted by Gasteiger charge is 2.06. The van der Waals surface area contributed by atoms with Gasteiger partial charge < -0.3 is 20.7 Å². The van der Waals surface area contributed by atoms with E-state index < -0.39 is 0 Å². The molecule has 156 valence electrons. The van der Waals surface area contributed by atoms with E-state index in [9.17, 15) is 9.59 Å². The van der Waals surface area contributed by atoms with Crippen molar-refractivity contribution >= 4 is 28.9 Å². The maximum Gasteiger partial charge on any atom is 0.243 e. The smallest absolute Gasteiger partial charge is 0.243 e. The number of nitrogens with one attached hydrogen (secondary N) is 3. The molecule has 0 saturated carbocycles. The molecule has 0 radical (unpaired) electrons. The van der Waals surface area contributed by atoms with Gasteiger partial charge in [0.25, 0.3) is 0 Å². The van der Waals surface area contributed by atoms with E-state index in [4.69, 9.17) is 4.74 Å². The number of amides is 2. The zero-order valence-electron chi connectivity index (χ0n) is 17.5. The van der Waals surface area contributed by atoms with Gasteiger partial charge in [-0.2, -0.15) is 0 Å². The van der Waals surface area contributed by atoms with Crippen molar-refractivity contribution in [3.8, 4) is 5.75 Å². The van der Waals surface area contributed by atoms with Gasteiger partial charge in [0.1, 0.15) is 5.75 Å². The molecule has 0 atom stereocenters. The molecule has 6 nitrogen and oxygen atoms in total. The van der Waals surface area contributed by atoms with Crippen LogP contribution in [0.3, 0.4) is 0 Å². The predicted molar refractivity (Wildman–Crippen MR) is 119 cm³/mol. The fraction of sp³-hybridized carbons (Fsp3) is 0.391. The van der Waals surface area contributed by atoms with Crippen LogP contribution in [0.25, 0.3) is 0 Å². The first kappa shape index (κ1) is 22.3. The number of ether oxygens (including phenoxy) is 1. The molecule has 0 heterocycles. The van der Waals surface area contributed by atoms with Gasteiger partial charge in [0, 0.05) is 23.5 Å². The minimum absolute atomic E-state index is 0.00603. The third-order valence-electron chi connectivity index (χ3n) is 4.12. The van der Waals surface area contributed by atoms with Crippen molar-refractivity contribution in [3.05, 3.63) is 48.5 Å². The minimum atomic E-state index is -0.168. The van der Waals surface area contributed by atoms with Crippen molar-refractivity contribution in [2.75, 3.05) is 22.5 Å². The largest absolute Gasteiger partial charge is 0.491 e. The van der Waals surface area contributed by atoms with Gasteiger partial charge in [-0.3, -0.25) is 9.59 Å². The first-order chi connectivity index (χ1) is 14.0. The lowest BCUT2D eigenvalue weighted by molar-refractivity contribution is -0.116. The van der Waals surface area contributed by atoms with Gasteiger partial charge in [0.2, 0.25) is 11.8 Å². The summed E-state index contributed by atoms with van der Waals surface area (Å²) < 4.78 is 5.60. The Morgan fingerprint density at radius 1 is 0.897 bits per heavy atom. The Morgan fingerprint density at radius 3 is 2.17 bits per heavy atom. The van der Waals surface area contributed by atoms with Crippen LogP contribution in [-0.2, 0) is 9.59 Å². The predicted octanol–water partition coefficient (Wildman–Crippen LogP) is 5.04. The third-order valence-corrected chi connectivity index (χ3v) is 4.12. The topological polar surface area (TPSA) is 79.5 Å². The fourth-order valence-electron chi connectivity index (χ4n) is 2.74. The van der Waals surface area contributed by atoms with E-state index in [2.05, 4.69) is 22.9 Å². The summed E-state index contributed by atoms with van der Waals surface area (Å²) in [6.45, 7) is 6.19. The van der Waals surface area contributed by atoms with Crippen molar-refractivity contribution in [2.24, 2.45) is 0 Å². The molecule has 0 aliphatic carbocycles. The SMILES string of the molecule is CCCCCC(=O)Nc1cccc(NC(=O)CNc2ccc(OC(C)C)cc2)c1. The maximum atomic E-state index is 12.2. The molecule has 2 aromatic carbocycles. The summed E-state index contributed by atoms with van der Waals surface area (Å²) in [5, 5.41) is 8.79. The Hall–Kier alpha value is -3.02. The normalized spacial score (nSPS) is 10.5. The molecule has 0 bridgehead atoms. The zero-order valence-corrected chi connectivity index (χ0v) is 17.5. The van der Waals surface area contributed by atoms with E-state index in [-0.39, 0.29) is 24.5 Å². The fourth-order valence-corrected chi connectivity index (χ4v) is 2.74. The number of unbranched alkanes of at least 4 members (excludes halogenated alkanes) is 2. The summed E-state index contributed by atoms with van der Waals surface area (Å²) >= 11 is 0. The highest BCUT2D eigenvalue weighted by atomic mass is 16.5. The number of benzene rings is 2. The van der Waals surface area contributed by atoms with E-state index in [1.54, 1.807) is 18.2 Å². The molecule has 0 aromatic heterocycles. The molecule has 0 spiro atoms. The molecule has 2 amide bonds. The van der Waals surface area contributed by atoms with Crippen LogP contribution in [0.1, 0.15) is 46.5 Å². The molecule has 0 fully saturated rings. The summed E-state index contributed by atoms with van der Waals surface area (Å²) in [6.07, 6.45) is 3.64. The Bertz CT molecular complexity index is 788. The standard InChI is InChI=1S/C23H31N3O3/c1-4-5-6-10-22(27)25-19-8-7-9-20(15-19)26-23(28)16-24-18-11-13-21(14-12-18)29-17(2)3/h7-9,11-15,17,24H,4-6,10,16H2,1-3H3,(H,25,27)(H,26,28). The molecule has 2 rings (SSSR count). The van der Waals surface area contributed by atoms with Crippen molar-refractivity contribution in [2.45, 2.75) is 52.6 Å². The van der Waals surface area contributed by atoms with Gasteiger partial charge in [-0.1, -0.05) is 25.8 Å². The van der Waals surface area contributed by atoms with Gasteiger partial charge in [-0.15, -0.1) is 0 Å². The van der Waals surface area contributed by atoms with Crippen LogP contribution in [0.2, 0.25) is 0 Å². The van der Waals surface area contributed by atoms with Crippen LogP contribution in [0.5, 0.6) is 5.75 Å². The van der Waals surface area contributed by atoms with Gasteiger partial charge in [0.05, 0.1) is 12.6 Å². The Labute approximate surface area is 173 Å². The summed E-state index contributed by atoms with van der Waals surface area (Å²) in [4.78, 5) is 24.2. The van der Waals surface area contributed by atoms with Crippen LogP contribution in [0.15, 0.2) is 48.5 Å². The van der Waals surface area contributed by atoms with Crippen LogP contribution in [0.4, 0.5) is 17.1 Å².